The summed E-state index contributed by atoms with van der Waals surface area (Å²) >= 11 is 0. The second-order valence-corrected chi connectivity index (χ2v) is 7.90. The predicted octanol–water partition coefficient (Wildman–Crippen LogP) is 1.98. The number of sulfonamides is 1. The molecule has 26 heavy (non-hydrogen) atoms. The van der Waals surface area contributed by atoms with Crippen LogP contribution in [0.3, 0.4) is 0 Å². The molecule has 1 N–H and O–H groups in total. The molecule has 0 aliphatic carbocycles. The molecule has 140 valence electrons. The van der Waals surface area contributed by atoms with E-state index in [0.29, 0.717) is 24.3 Å². The zero-order valence-electron chi connectivity index (χ0n) is 15.2. The standard InChI is InChI=1S/C19H24N2O4S/c1-15-13-17(9-10-18(15)25-14-19(22)21(2)3)26(23,24)20-12-11-16-7-5-4-6-8-16/h4-10,13,20H,11-12,14H2,1-3H3. The molecular weight excluding hydrogens is 352 g/mol. The second-order valence-electron chi connectivity index (χ2n) is 6.14. The third kappa shape index (κ3) is 5.57. The van der Waals surface area contributed by atoms with Crippen LogP contribution in [-0.2, 0) is 21.2 Å². The summed E-state index contributed by atoms with van der Waals surface area (Å²) < 4.78 is 32.9. The largest absolute Gasteiger partial charge is 0.483 e. The predicted molar refractivity (Wildman–Crippen MR) is 101 cm³/mol. The number of hydrogen-bond donors (Lipinski definition) is 1. The number of rotatable bonds is 8. The second kappa shape index (κ2) is 8.82. The summed E-state index contributed by atoms with van der Waals surface area (Å²) in [6.45, 7) is 1.98. The van der Waals surface area contributed by atoms with Crippen molar-refractivity contribution < 1.29 is 17.9 Å². The minimum absolute atomic E-state index is 0.0880. The number of nitrogens with one attached hydrogen (secondary N) is 1. The number of amides is 1. The summed E-state index contributed by atoms with van der Waals surface area (Å²) in [5.41, 5.74) is 1.73. The van der Waals surface area contributed by atoms with Gasteiger partial charge in [0.25, 0.3) is 5.91 Å². The van der Waals surface area contributed by atoms with Gasteiger partial charge in [0.15, 0.2) is 6.61 Å². The third-order valence-corrected chi connectivity index (χ3v) is 5.31. The first kappa shape index (κ1) is 19.9. The van der Waals surface area contributed by atoms with Crippen molar-refractivity contribution in [2.75, 3.05) is 27.2 Å². The molecule has 0 unspecified atom stereocenters. The molecule has 0 bridgehead atoms. The summed E-state index contributed by atoms with van der Waals surface area (Å²) in [4.78, 5) is 13.2. The summed E-state index contributed by atoms with van der Waals surface area (Å²) in [5.74, 6) is 0.326. The Balaban J connectivity index is 1.98. The molecule has 6 nitrogen and oxygen atoms in total. The molecule has 7 heteroatoms. The van der Waals surface area contributed by atoms with Gasteiger partial charge in [-0.25, -0.2) is 13.1 Å². The van der Waals surface area contributed by atoms with Crippen LogP contribution in [0.1, 0.15) is 11.1 Å². The van der Waals surface area contributed by atoms with Crippen molar-refractivity contribution in [2.24, 2.45) is 0 Å². The van der Waals surface area contributed by atoms with E-state index in [9.17, 15) is 13.2 Å². The van der Waals surface area contributed by atoms with E-state index in [-0.39, 0.29) is 17.4 Å². The van der Waals surface area contributed by atoms with Gasteiger partial charge in [-0.3, -0.25) is 4.79 Å². The van der Waals surface area contributed by atoms with Crippen LogP contribution in [0.4, 0.5) is 0 Å². The molecule has 0 atom stereocenters. The molecule has 0 saturated heterocycles. The molecule has 1 amide bonds. The van der Waals surface area contributed by atoms with Crippen LogP contribution in [0.15, 0.2) is 53.4 Å². The number of carbonyl (C=O) groups is 1. The zero-order chi connectivity index (χ0) is 19.2. The fraction of sp³-hybridized carbons (Fsp3) is 0.316. The minimum atomic E-state index is -3.60. The molecule has 0 spiro atoms. The van der Waals surface area contributed by atoms with Gasteiger partial charge in [0, 0.05) is 20.6 Å². The normalized spacial score (nSPS) is 11.2. The fourth-order valence-corrected chi connectivity index (χ4v) is 3.39. The van der Waals surface area contributed by atoms with Crippen LogP contribution in [0.2, 0.25) is 0 Å². The molecule has 2 aromatic carbocycles. The Labute approximate surface area is 154 Å². The van der Waals surface area contributed by atoms with E-state index < -0.39 is 10.0 Å². The highest BCUT2D eigenvalue weighted by Crippen LogP contribution is 2.21. The molecule has 0 aliphatic heterocycles. The van der Waals surface area contributed by atoms with Gasteiger partial charge in [-0.05, 0) is 42.7 Å². The van der Waals surface area contributed by atoms with Crippen molar-refractivity contribution in [3.8, 4) is 5.75 Å². The van der Waals surface area contributed by atoms with Crippen molar-refractivity contribution in [1.82, 2.24) is 9.62 Å². The lowest BCUT2D eigenvalue weighted by atomic mass is 10.2. The smallest absolute Gasteiger partial charge is 0.259 e. The van der Waals surface area contributed by atoms with Crippen molar-refractivity contribution in [1.29, 1.82) is 0 Å². The highest BCUT2D eigenvalue weighted by Gasteiger charge is 2.15. The maximum Gasteiger partial charge on any atom is 0.259 e. The minimum Gasteiger partial charge on any atom is -0.483 e. The van der Waals surface area contributed by atoms with E-state index >= 15 is 0 Å². The quantitative estimate of drug-likeness (QED) is 0.764. The molecule has 0 aliphatic rings. The van der Waals surface area contributed by atoms with Gasteiger partial charge in [-0.2, -0.15) is 0 Å². The van der Waals surface area contributed by atoms with Gasteiger partial charge >= 0.3 is 0 Å². The Morgan fingerprint density at radius 1 is 1.12 bits per heavy atom. The molecule has 0 saturated carbocycles. The van der Waals surface area contributed by atoms with Gasteiger partial charge in [-0.1, -0.05) is 30.3 Å². The number of ether oxygens (including phenoxy) is 1. The van der Waals surface area contributed by atoms with Crippen LogP contribution in [-0.4, -0.2) is 46.5 Å². The maximum absolute atomic E-state index is 12.4. The lowest BCUT2D eigenvalue weighted by Gasteiger charge is -2.14. The molecule has 2 aromatic rings. The van der Waals surface area contributed by atoms with Crippen LogP contribution in [0.25, 0.3) is 0 Å². The lowest BCUT2D eigenvalue weighted by molar-refractivity contribution is -0.130. The van der Waals surface area contributed by atoms with Crippen molar-refractivity contribution >= 4 is 15.9 Å². The Bertz CT molecular complexity index is 849. The monoisotopic (exact) mass is 376 g/mol. The number of hydrogen-bond acceptors (Lipinski definition) is 4. The van der Waals surface area contributed by atoms with Crippen LogP contribution in [0, 0.1) is 6.92 Å². The summed E-state index contributed by atoms with van der Waals surface area (Å²) in [6.07, 6.45) is 0.618. The fourth-order valence-electron chi connectivity index (χ4n) is 2.28. The SMILES string of the molecule is Cc1cc(S(=O)(=O)NCCc2ccccc2)ccc1OCC(=O)N(C)C. The van der Waals surface area contributed by atoms with Crippen LogP contribution in [0.5, 0.6) is 5.75 Å². The molecule has 0 fully saturated rings. The van der Waals surface area contributed by atoms with E-state index in [1.54, 1.807) is 33.2 Å². The number of carbonyl (C=O) groups excluding carboxylic acids is 1. The van der Waals surface area contributed by atoms with Crippen molar-refractivity contribution in [3.05, 3.63) is 59.7 Å². The molecular formula is C19H24N2O4S. The Morgan fingerprint density at radius 3 is 2.42 bits per heavy atom. The number of benzene rings is 2. The van der Waals surface area contributed by atoms with Gasteiger partial charge in [0.2, 0.25) is 10.0 Å². The van der Waals surface area contributed by atoms with Gasteiger partial charge in [0.05, 0.1) is 4.90 Å². The van der Waals surface area contributed by atoms with Crippen LogP contribution >= 0.6 is 0 Å². The Hall–Kier alpha value is -2.38. The number of nitrogens with zero attached hydrogens (tertiary/aromatic N) is 1. The summed E-state index contributed by atoms with van der Waals surface area (Å²) in [5, 5.41) is 0. The van der Waals surface area contributed by atoms with Gasteiger partial charge in [0.1, 0.15) is 5.75 Å². The maximum atomic E-state index is 12.4. The van der Waals surface area contributed by atoms with Crippen molar-refractivity contribution in [2.45, 2.75) is 18.2 Å². The number of aryl methyl sites for hydroxylation is 1. The van der Waals surface area contributed by atoms with Gasteiger partial charge < -0.3 is 9.64 Å². The van der Waals surface area contributed by atoms with Crippen LogP contribution < -0.4 is 9.46 Å². The first-order valence-electron chi connectivity index (χ1n) is 8.27. The highest BCUT2D eigenvalue weighted by molar-refractivity contribution is 7.89. The number of likely N-dealkylation sites (N-methyl/N-ethyl adjacent to an activating group) is 1. The average Bonchev–Trinajstić information content (AvgIpc) is 2.61. The van der Waals surface area contributed by atoms with Gasteiger partial charge in [-0.15, -0.1) is 0 Å². The summed E-state index contributed by atoms with van der Waals surface area (Å²) in [7, 11) is -0.299. The van der Waals surface area contributed by atoms with E-state index in [1.807, 2.05) is 30.3 Å². The Morgan fingerprint density at radius 2 is 1.81 bits per heavy atom. The van der Waals surface area contributed by atoms with E-state index in [1.165, 1.54) is 11.0 Å². The lowest BCUT2D eigenvalue weighted by Crippen LogP contribution is -2.28. The molecule has 0 aromatic heterocycles. The van der Waals surface area contributed by atoms with E-state index in [0.717, 1.165) is 5.56 Å². The Kier molecular flexibility index (Phi) is 6.76. The first-order valence-corrected chi connectivity index (χ1v) is 9.75. The zero-order valence-corrected chi connectivity index (χ0v) is 16.0. The molecule has 2 rings (SSSR count). The first-order chi connectivity index (χ1) is 12.3. The molecule has 0 heterocycles. The van der Waals surface area contributed by atoms with E-state index in [4.69, 9.17) is 4.74 Å². The van der Waals surface area contributed by atoms with Crippen molar-refractivity contribution in [3.63, 3.8) is 0 Å². The third-order valence-electron chi connectivity index (χ3n) is 3.86. The van der Waals surface area contributed by atoms with E-state index in [2.05, 4.69) is 4.72 Å². The summed E-state index contributed by atoms with van der Waals surface area (Å²) in [6, 6.07) is 14.3. The highest BCUT2D eigenvalue weighted by atomic mass is 32.2. The topological polar surface area (TPSA) is 75.7 Å². The average molecular weight is 376 g/mol. The molecule has 0 radical (unpaired) electrons.